The summed E-state index contributed by atoms with van der Waals surface area (Å²) in [5.74, 6) is -0.629. The van der Waals surface area contributed by atoms with Crippen molar-refractivity contribution in [2.45, 2.75) is 70.3 Å². The molecule has 2 aromatic carbocycles. The zero-order chi connectivity index (χ0) is 44.0. The minimum atomic E-state index is -4.57. The Bertz CT molecular complexity index is 2710. The fourth-order valence-corrected chi connectivity index (χ4v) is 11.7. The summed E-state index contributed by atoms with van der Waals surface area (Å²) in [5, 5.41) is 13.8. The molecule has 3 aliphatic heterocycles. The van der Waals surface area contributed by atoms with E-state index in [1.807, 2.05) is 18.2 Å². The summed E-state index contributed by atoms with van der Waals surface area (Å²) in [4.78, 5) is 42.5. The standard InChI is InChI=1S/C48H52ClN7O7S/c49-35-4-2-32(3-5-35)42-28-48(12-1-13-48)14-8-34(42)30-54-16-18-55(19-17-54)37-6-7-40(45(25-37)63-38-23-33-9-15-50-46(33)51-29-38)47(57)53-64(60,61)39-26-43-41(44(27-39)56(58)59)24-36(52-43)22-31-10-20-62-21-11-31/h2-7,9,15,23,25-27,29,31,41,43H,1,8,10-14,16-22,24,28,30H2,(H,50,51)(H,53,57). The van der Waals surface area contributed by atoms with Crippen molar-refractivity contribution < 1.29 is 27.6 Å². The van der Waals surface area contributed by atoms with E-state index in [1.54, 1.807) is 36.7 Å². The van der Waals surface area contributed by atoms with Crippen molar-refractivity contribution >= 4 is 55.5 Å². The summed E-state index contributed by atoms with van der Waals surface area (Å²) in [7, 11) is -4.57. The molecule has 3 aliphatic carbocycles. The van der Waals surface area contributed by atoms with Gasteiger partial charge in [-0.2, -0.15) is 0 Å². The molecule has 4 aromatic rings. The number of fused-ring (bicyclic) bond motifs is 2. The van der Waals surface area contributed by atoms with E-state index in [0.717, 1.165) is 86.3 Å². The first-order valence-electron chi connectivity index (χ1n) is 22.4. The lowest BCUT2D eigenvalue weighted by atomic mass is 9.59. The molecule has 16 heteroatoms. The number of aromatic amines is 1. The van der Waals surface area contributed by atoms with Crippen LogP contribution in [0.3, 0.4) is 0 Å². The van der Waals surface area contributed by atoms with Crippen LogP contribution in [0.1, 0.15) is 80.1 Å². The molecule has 2 unspecified atom stereocenters. The SMILES string of the molecule is O=C(NS(=O)(=O)C1=CC2N=C(CC3CCOCC3)CC2C([N+](=O)[O-])=C1)c1ccc(N2CCN(CC3=C(c4ccc(Cl)cc4)CC4(CCC4)CC3)CC2)cc1Oc1cnc2[nH]ccc2c1. The van der Waals surface area contributed by atoms with E-state index in [9.17, 15) is 23.3 Å². The molecule has 14 nitrogen and oxygen atoms in total. The molecule has 1 spiro atoms. The van der Waals surface area contributed by atoms with Crippen LogP contribution in [0.5, 0.6) is 11.5 Å². The Morgan fingerprint density at radius 2 is 1.84 bits per heavy atom. The number of nitro groups is 1. The number of sulfonamides is 1. The van der Waals surface area contributed by atoms with Crippen LogP contribution >= 0.6 is 11.6 Å². The minimum Gasteiger partial charge on any atom is -0.455 e. The second kappa shape index (κ2) is 17.6. The van der Waals surface area contributed by atoms with Crippen LogP contribution < -0.4 is 14.4 Å². The van der Waals surface area contributed by atoms with Crippen molar-refractivity contribution in [3.05, 3.63) is 122 Å². The molecule has 2 N–H and O–H groups in total. The van der Waals surface area contributed by atoms with Gasteiger partial charge in [0.15, 0.2) is 0 Å². The van der Waals surface area contributed by atoms with Gasteiger partial charge < -0.3 is 19.4 Å². The second-order valence-electron chi connectivity index (χ2n) is 18.3. The van der Waals surface area contributed by atoms with Crippen LogP contribution in [0.25, 0.3) is 16.6 Å². The Morgan fingerprint density at radius 1 is 1.05 bits per heavy atom. The third kappa shape index (κ3) is 8.87. The lowest BCUT2D eigenvalue weighted by Gasteiger charge is -2.47. The van der Waals surface area contributed by atoms with Gasteiger partial charge in [0.1, 0.15) is 17.1 Å². The van der Waals surface area contributed by atoms with Gasteiger partial charge in [-0.1, -0.05) is 35.7 Å². The molecule has 1 saturated carbocycles. The normalized spacial score (nSPS) is 22.7. The number of carbonyl (C=O) groups is 1. The number of rotatable bonds is 12. The Labute approximate surface area is 377 Å². The molecular formula is C48H52ClN7O7S. The molecule has 0 bridgehead atoms. The van der Waals surface area contributed by atoms with E-state index in [2.05, 4.69) is 36.6 Å². The molecule has 6 aliphatic rings. The molecule has 2 aromatic heterocycles. The van der Waals surface area contributed by atoms with E-state index in [0.29, 0.717) is 48.8 Å². The Balaban J connectivity index is 0.875. The van der Waals surface area contributed by atoms with E-state index in [-0.39, 0.29) is 21.9 Å². The van der Waals surface area contributed by atoms with Gasteiger partial charge in [-0.25, -0.2) is 18.1 Å². The first kappa shape index (κ1) is 42.6. The summed E-state index contributed by atoms with van der Waals surface area (Å²) in [5.41, 5.74) is 6.81. The van der Waals surface area contributed by atoms with Crippen molar-refractivity contribution in [1.82, 2.24) is 19.6 Å². The number of amides is 1. The summed E-state index contributed by atoms with van der Waals surface area (Å²) >= 11 is 6.29. The molecule has 1 amide bonds. The lowest BCUT2D eigenvalue weighted by Crippen LogP contribution is -2.47. The maximum absolute atomic E-state index is 14.1. The van der Waals surface area contributed by atoms with Gasteiger partial charge in [-0.05, 0) is 116 Å². The zero-order valence-electron chi connectivity index (χ0n) is 35.6. The number of nitrogens with zero attached hydrogens (tertiary/aromatic N) is 5. The molecule has 10 rings (SSSR count). The molecular weight excluding hydrogens is 854 g/mol. The number of halogens is 1. The number of ether oxygens (including phenoxy) is 2. The van der Waals surface area contributed by atoms with Gasteiger partial charge in [-0.15, -0.1) is 0 Å². The molecule has 2 saturated heterocycles. The number of hydrogen-bond acceptors (Lipinski definition) is 11. The minimum absolute atomic E-state index is 0.0197. The quantitative estimate of drug-likeness (QED) is 0.103. The van der Waals surface area contributed by atoms with Crippen LogP contribution in [-0.4, -0.2) is 91.8 Å². The second-order valence-corrected chi connectivity index (χ2v) is 20.5. The number of H-pyrrole nitrogens is 1. The van der Waals surface area contributed by atoms with E-state index < -0.39 is 32.8 Å². The number of pyridine rings is 1. The van der Waals surface area contributed by atoms with Crippen molar-refractivity contribution in [3.8, 4) is 11.5 Å². The molecule has 0 radical (unpaired) electrons. The predicted octanol–water partition coefficient (Wildman–Crippen LogP) is 8.70. The third-order valence-electron chi connectivity index (χ3n) is 14.3. The maximum atomic E-state index is 14.1. The number of piperazine rings is 1. The monoisotopic (exact) mass is 905 g/mol. The van der Waals surface area contributed by atoms with Crippen LogP contribution in [0.15, 0.2) is 100 Å². The molecule has 2 atom stereocenters. The average Bonchev–Trinajstić information content (AvgIpc) is 3.93. The topological polar surface area (TPSA) is 172 Å². The van der Waals surface area contributed by atoms with Crippen molar-refractivity contribution in [1.29, 1.82) is 0 Å². The molecule has 64 heavy (non-hydrogen) atoms. The Hall–Kier alpha value is -5.35. The highest BCUT2D eigenvalue weighted by Gasteiger charge is 2.43. The van der Waals surface area contributed by atoms with Gasteiger partial charge >= 0.3 is 0 Å². The molecule has 334 valence electrons. The van der Waals surface area contributed by atoms with Crippen LogP contribution in [-0.2, 0) is 14.8 Å². The number of allylic oxidation sites excluding steroid dienone is 2. The number of aromatic nitrogens is 2. The van der Waals surface area contributed by atoms with E-state index in [1.165, 1.54) is 48.5 Å². The summed E-state index contributed by atoms with van der Waals surface area (Å²) < 4.78 is 42.0. The van der Waals surface area contributed by atoms with Crippen LogP contribution in [0, 0.1) is 27.4 Å². The molecule has 5 heterocycles. The van der Waals surface area contributed by atoms with Gasteiger partial charge in [0.2, 0.25) is 0 Å². The highest BCUT2D eigenvalue weighted by molar-refractivity contribution is 7.94. The largest absolute Gasteiger partial charge is 0.455 e. The fourth-order valence-electron chi connectivity index (χ4n) is 10.5. The highest BCUT2D eigenvalue weighted by atomic mass is 35.5. The summed E-state index contributed by atoms with van der Waals surface area (Å²) in [6, 6.07) is 16.4. The third-order valence-corrected chi connectivity index (χ3v) is 15.9. The maximum Gasteiger partial charge on any atom is 0.268 e. The van der Waals surface area contributed by atoms with Gasteiger partial charge in [0, 0.05) is 92.5 Å². The van der Waals surface area contributed by atoms with E-state index in [4.69, 9.17) is 26.1 Å². The Kier molecular flexibility index (Phi) is 11.7. The zero-order valence-corrected chi connectivity index (χ0v) is 37.2. The van der Waals surface area contributed by atoms with Gasteiger partial charge in [0.25, 0.3) is 21.6 Å². The fraction of sp³-hybridized carbons (Fsp3) is 0.438. The number of nitrogens with one attached hydrogen (secondary N) is 2. The first-order valence-corrected chi connectivity index (χ1v) is 24.3. The highest BCUT2D eigenvalue weighted by Crippen LogP contribution is 2.55. The number of anilines is 1. The molecule has 3 fully saturated rings. The summed E-state index contributed by atoms with van der Waals surface area (Å²) in [6.07, 6.45) is 16.1. The first-order chi connectivity index (χ1) is 31.0. The number of benzene rings is 2. The van der Waals surface area contributed by atoms with Crippen LogP contribution in [0.2, 0.25) is 5.02 Å². The predicted molar refractivity (Wildman–Crippen MR) is 247 cm³/mol. The summed E-state index contributed by atoms with van der Waals surface area (Å²) in [6.45, 7) is 5.42. The van der Waals surface area contributed by atoms with Crippen molar-refractivity contribution in [3.63, 3.8) is 0 Å². The number of carbonyl (C=O) groups excluding carboxylic acids is 1. The van der Waals surface area contributed by atoms with Gasteiger partial charge in [-0.3, -0.25) is 24.8 Å². The van der Waals surface area contributed by atoms with Crippen molar-refractivity contribution in [2.24, 2.45) is 22.2 Å². The van der Waals surface area contributed by atoms with Gasteiger partial charge in [0.05, 0.1) is 33.5 Å². The number of aliphatic imine (C=N–C) groups is 1. The van der Waals surface area contributed by atoms with Crippen LogP contribution in [0.4, 0.5) is 5.69 Å². The Morgan fingerprint density at radius 3 is 2.59 bits per heavy atom. The van der Waals surface area contributed by atoms with Crippen molar-refractivity contribution in [2.75, 3.05) is 50.8 Å². The lowest BCUT2D eigenvalue weighted by molar-refractivity contribution is -0.434. The smallest absolute Gasteiger partial charge is 0.268 e. The van der Waals surface area contributed by atoms with E-state index >= 15 is 0 Å². The average molecular weight is 907 g/mol. The number of hydrogen-bond donors (Lipinski definition) is 2.